The average molecular weight is 448 g/mol. The number of carbonyl (C=O) groups excluding carboxylic acids is 1. The van der Waals surface area contributed by atoms with E-state index >= 15 is 0 Å². The van der Waals surface area contributed by atoms with Gasteiger partial charge in [0.05, 0.1) is 23.7 Å². The third kappa shape index (κ3) is 4.93. The van der Waals surface area contributed by atoms with Gasteiger partial charge in [-0.1, -0.05) is 43.1 Å². The SMILES string of the molecule is C[C@H]1CC[C@H]2[C@H](C1)O[C@H](c1ccc(F)c(Cl)c1)C[C@]2(C)NC(=O)Cc1ccc(F)cc1. The predicted molar refractivity (Wildman–Crippen MR) is 117 cm³/mol. The number of rotatable bonds is 4. The van der Waals surface area contributed by atoms with E-state index in [0.717, 1.165) is 30.4 Å². The first-order chi connectivity index (χ1) is 14.7. The molecule has 3 nitrogen and oxygen atoms in total. The summed E-state index contributed by atoms with van der Waals surface area (Å²) in [5.41, 5.74) is 1.12. The van der Waals surface area contributed by atoms with Gasteiger partial charge < -0.3 is 10.1 Å². The summed E-state index contributed by atoms with van der Waals surface area (Å²) >= 11 is 6.02. The lowest BCUT2D eigenvalue weighted by Crippen LogP contribution is -2.60. The molecule has 1 saturated carbocycles. The van der Waals surface area contributed by atoms with Crippen LogP contribution in [0.5, 0.6) is 0 Å². The highest BCUT2D eigenvalue weighted by molar-refractivity contribution is 6.30. The van der Waals surface area contributed by atoms with E-state index in [9.17, 15) is 13.6 Å². The Balaban J connectivity index is 1.56. The molecule has 6 heteroatoms. The first-order valence-corrected chi connectivity index (χ1v) is 11.3. The first-order valence-electron chi connectivity index (χ1n) is 10.9. The van der Waals surface area contributed by atoms with Crippen molar-refractivity contribution in [2.75, 3.05) is 0 Å². The van der Waals surface area contributed by atoms with Crippen molar-refractivity contribution in [3.8, 4) is 0 Å². The minimum atomic E-state index is -0.467. The van der Waals surface area contributed by atoms with Crippen molar-refractivity contribution in [3.63, 3.8) is 0 Å². The molecule has 0 aromatic heterocycles. The van der Waals surface area contributed by atoms with E-state index in [2.05, 4.69) is 19.2 Å². The van der Waals surface area contributed by atoms with Crippen LogP contribution in [0.1, 0.15) is 56.8 Å². The Kier molecular flexibility index (Phi) is 6.36. The van der Waals surface area contributed by atoms with Gasteiger partial charge in [-0.25, -0.2) is 8.78 Å². The van der Waals surface area contributed by atoms with Crippen LogP contribution in [0.2, 0.25) is 5.02 Å². The second-order valence-corrected chi connectivity index (χ2v) is 9.74. The van der Waals surface area contributed by atoms with Gasteiger partial charge in [0.1, 0.15) is 11.6 Å². The summed E-state index contributed by atoms with van der Waals surface area (Å²) in [6.07, 6.45) is 3.52. The van der Waals surface area contributed by atoms with Crippen LogP contribution in [0.25, 0.3) is 0 Å². The van der Waals surface area contributed by atoms with E-state index < -0.39 is 11.4 Å². The van der Waals surface area contributed by atoms with Gasteiger partial charge in [-0.05, 0) is 61.1 Å². The number of carbonyl (C=O) groups is 1. The van der Waals surface area contributed by atoms with Crippen LogP contribution >= 0.6 is 11.6 Å². The van der Waals surface area contributed by atoms with E-state index in [1.54, 1.807) is 24.3 Å². The number of halogens is 3. The van der Waals surface area contributed by atoms with Gasteiger partial charge in [-0.3, -0.25) is 4.79 Å². The highest BCUT2D eigenvalue weighted by Gasteiger charge is 2.49. The van der Waals surface area contributed by atoms with Crippen molar-refractivity contribution >= 4 is 17.5 Å². The maximum atomic E-state index is 13.7. The smallest absolute Gasteiger partial charge is 0.224 e. The predicted octanol–water partition coefficient (Wildman–Crippen LogP) is 6.00. The van der Waals surface area contributed by atoms with Gasteiger partial charge >= 0.3 is 0 Å². The molecule has 0 bridgehead atoms. The van der Waals surface area contributed by atoms with Crippen molar-refractivity contribution in [2.45, 2.75) is 63.7 Å². The number of fused-ring (bicyclic) bond motifs is 1. The van der Waals surface area contributed by atoms with Crippen molar-refractivity contribution in [1.29, 1.82) is 0 Å². The topological polar surface area (TPSA) is 38.3 Å². The highest BCUT2D eigenvalue weighted by atomic mass is 35.5. The first kappa shape index (κ1) is 22.2. The van der Waals surface area contributed by atoms with E-state index in [-0.39, 0.29) is 41.3 Å². The molecule has 0 unspecified atom stereocenters. The zero-order valence-electron chi connectivity index (χ0n) is 17.8. The second kappa shape index (κ2) is 8.87. The summed E-state index contributed by atoms with van der Waals surface area (Å²) in [5, 5.41) is 3.35. The molecule has 4 rings (SSSR count). The largest absolute Gasteiger partial charge is 0.370 e. The molecule has 1 N–H and O–H groups in total. The van der Waals surface area contributed by atoms with Crippen LogP contribution in [-0.4, -0.2) is 17.6 Å². The average Bonchev–Trinajstić information content (AvgIpc) is 2.71. The van der Waals surface area contributed by atoms with E-state index in [4.69, 9.17) is 16.3 Å². The molecule has 166 valence electrons. The van der Waals surface area contributed by atoms with Gasteiger partial charge in [0.2, 0.25) is 5.91 Å². The molecule has 31 heavy (non-hydrogen) atoms. The molecule has 1 aliphatic carbocycles. The number of nitrogens with one attached hydrogen (secondary N) is 1. The summed E-state index contributed by atoms with van der Waals surface area (Å²) in [6, 6.07) is 10.7. The summed E-state index contributed by atoms with van der Waals surface area (Å²) in [6.45, 7) is 4.31. The van der Waals surface area contributed by atoms with E-state index in [0.29, 0.717) is 12.3 Å². The minimum Gasteiger partial charge on any atom is -0.370 e. The Hall–Kier alpha value is -1.98. The van der Waals surface area contributed by atoms with E-state index in [1.165, 1.54) is 18.2 Å². The van der Waals surface area contributed by atoms with Gasteiger partial charge in [0, 0.05) is 17.9 Å². The second-order valence-electron chi connectivity index (χ2n) is 9.33. The maximum absolute atomic E-state index is 13.7. The number of benzene rings is 2. The molecule has 0 radical (unpaired) electrons. The molecule has 1 saturated heterocycles. The van der Waals surface area contributed by atoms with Gasteiger partial charge in [0.15, 0.2) is 0 Å². The fourth-order valence-corrected chi connectivity index (χ4v) is 5.40. The molecular formula is C25H28ClF2NO2. The van der Waals surface area contributed by atoms with Gasteiger partial charge in [-0.15, -0.1) is 0 Å². The van der Waals surface area contributed by atoms with E-state index in [1.807, 2.05) is 0 Å². The molecule has 0 spiro atoms. The van der Waals surface area contributed by atoms with Crippen LogP contribution in [0, 0.1) is 23.5 Å². The van der Waals surface area contributed by atoms with Gasteiger partial charge in [0.25, 0.3) is 0 Å². The summed E-state index contributed by atoms with van der Waals surface area (Å²) < 4.78 is 33.3. The van der Waals surface area contributed by atoms with Crippen molar-refractivity contribution in [1.82, 2.24) is 5.32 Å². The summed E-state index contributed by atoms with van der Waals surface area (Å²) in [7, 11) is 0. The number of hydrogen-bond donors (Lipinski definition) is 1. The normalized spacial score (nSPS) is 30.5. The van der Waals surface area contributed by atoms with Crippen LogP contribution in [0.15, 0.2) is 42.5 Å². The molecular weight excluding hydrogens is 420 g/mol. The zero-order chi connectivity index (χ0) is 22.2. The molecule has 2 fully saturated rings. The third-order valence-corrected chi connectivity index (χ3v) is 7.13. The maximum Gasteiger partial charge on any atom is 0.224 e. The van der Waals surface area contributed by atoms with Crippen LogP contribution in [0.3, 0.4) is 0 Å². The number of amides is 1. The quantitative estimate of drug-likeness (QED) is 0.624. The Bertz CT molecular complexity index is 951. The number of hydrogen-bond acceptors (Lipinski definition) is 2. The minimum absolute atomic E-state index is 0.0162. The monoisotopic (exact) mass is 447 g/mol. The van der Waals surface area contributed by atoms with Crippen molar-refractivity contribution in [3.05, 3.63) is 70.2 Å². The zero-order valence-corrected chi connectivity index (χ0v) is 18.6. The summed E-state index contributed by atoms with van der Waals surface area (Å²) in [5.74, 6) is -0.116. The number of ether oxygens (including phenoxy) is 1. The standard InChI is InChI=1S/C25H28ClF2NO2/c1-15-3-9-19-22(11-15)31-23(17-6-10-21(28)20(26)13-17)14-25(19,2)29-24(30)12-16-4-7-18(27)8-5-16/h4-8,10,13,15,19,22-23H,3,9,11-12,14H2,1-2H3,(H,29,30)/t15-,19-,22-,23-,25-/m0/s1. The lowest BCUT2D eigenvalue weighted by Gasteiger charge is -2.52. The molecule has 2 aromatic carbocycles. The Morgan fingerprint density at radius 2 is 1.94 bits per heavy atom. The summed E-state index contributed by atoms with van der Waals surface area (Å²) in [4.78, 5) is 12.9. The lowest BCUT2D eigenvalue weighted by molar-refractivity contribution is -0.153. The fourth-order valence-electron chi connectivity index (χ4n) is 5.21. The van der Waals surface area contributed by atoms with Crippen molar-refractivity contribution < 1.29 is 18.3 Å². The van der Waals surface area contributed by atoms with Gasteiger partial charge in [-0.2, -0.15) is 0 Å². The lowest BCUT2D eigenvalue weighted by atomic mass is 9.66. The molecule has 5 atom stereocenters. The highest BCUT2D eigenvalue weighted by Crippen LogP contribution is 2.48. The van der Waals surface area contributed by atoms with Crippen LogP contribution in [-0.2, 0) is 16.0 Å². The molecule has 2 aliphatic rings. The molecule has 1 amide bonds. The fraction of sp³-hybridized carbons (Fsp3) is 0.480. The third-order valence-electron chi connectivity index (χ3n) is 6.84. The molecule has 1 heterocycles. The molecule has 2 aromatic rings. The van der Waals surface area contributed by atoms with Crippen LogP contribution < -0.4 is 5.32 Å². The van der Waals surface area contributed by atoms with Crippen LogP contribution in [0.4, 0.5) is 8.78 Å². The Labute approximate surface area is 187 Å². The Morgan fingerprint density at radius 1 is 1.19 bits per heavy atom. The Morgan fingerprint density at radius 3 is 2.65 bits per heavy atom. The van der Waals surface area contributed by atoms with Crippen molar-refractivity contribution in [2.24, 2.45) is 11.8 Å². The molecule has 1 aliphatic heterocycles.